The number of rotatable bonds is 11. The van der Waals surface area contributed by atoms with Crippen LogP contribution in [-0.2, 0) is 23.4 Å². The lowest BCUT2D eigenvalue weighted by Gasteiger charge is -2.29. The zero-order valence-electron chi connectivity index (χ0n) is 19.8. The number of aliphatic hydroxyl groups excluding tert-OH is 1. The molecule has 2 aromatic rings. The van der Waals surface area contributed by atoms with Gasteiger partial charge in [0.1, 0.15) is 24.5 Å². The van der Waals surface area contributed by atoms with Crippen LogP contribution in [0.4, 0.5) is 4.39 Å². The molecule has 2 aromatic carbocycles. The Balaban J connectivity index is 2.30. The molecule has 0 saturated heterocycles. The molecular formula is C23H33FNO7P. The zero-order chi connectivity index (χ0) is 24.9. The van der Waals surface area contributed by atoms with Gasteiger partial charge < -0.3 is 19.1 Å². The van der Waals surface area contributed by atoms with Gasteiger partial charge in [-0.25, -0.2) is 8.96 Å². The lowest BCUT2D eigenvalue weighted by molar-refractivity contribution is -0.202. The van der Waals surface area contributed by atoms with Gasteiger partial charge in [0.2, 0.25) is 0 Å². The van der Waals surface area contributed by atoms with Gasteiger partial charge in [-0.15, -0.1) is 0 Å². The third kappa shape index (κ3) is 7.76. The van der Waals surface area contributed by atoms with Crippen LogP contribution in [0, 0.1) is 5.41 Å². The van der Waals surface area contributed by atoms with E-state index in [1.165, 1.54) is 13.8 Å². The number of methoxy groups -OCH3 is 1. The highest BCUT2D eigenvalue weighted by Gasteiger charge is 2.41. The molecule has 2 rings (SSSR count). The number of fused-ring (bicyclic) bond motifs is 1. The van der Waals surface area contributed by atoms with Gasteiger partial charge >= 0.3 is 13.7 Å². The standard InChI is InChI=1S/C23H33FNO7P/c1-16(21(27)30-14-22(3,4)5)25-33(28,31-15-23(24,29-6)17(2)26)32-20-13-9-11-18-10-7-8-12-19(18)20/h7-13,16-17,26H,14-15H2,1-6H3,(H,25,28)/t16?,17-,23+,33?/m0/s1. The Bertz CT molecular complexity index is 989. The van der Waals surface area contributed by atoms with Crippen molar-refractivity contribution < 1.29 is 37.4 Å². The number of aliphatic hydroxyl groups is 1. The topological polar surface area (TPSA) is 103 Å². The van der Waals surface area contributed by atoms with Gasteiger partial charge in [0, 0.05) is 12.5 Å². The van der Waals surface area contributed by atoms with Gasteiger partial charge in [-0.1, -0.05) is 57.2 Å². The van der Waals surface area contributed by atoms with Crippen molar-refractivity contribution >= 4 is 24.5 Å². The van der Waals surface area contributed by atoms with Crippen molar-refractivity contribution in [3.05, 3.63) is 42.5 Å². The number of carbonyl (C=O) groups excluding carboxylic acids is 1. The first-order chi connectivity index (χ1) is 15.3. The smallest absolute Gasteiger partial charge is 0.459 e. The number of esters is 1. The first-order valence-corrected chi connectivity index (χ1v) is 12.1. The molecule has 0 heterocycles. The van der Waals surface area contributed by atoms with Crippen LogP contribution in [0.2, 0.25) is 0 Å². The second kappa shape index (κ2) is 10.9. The Morgan fingerprint density at radius 2 is 1.76 bits per heavy atom. The highest BCUT2D eigenvalue weighted by molar-refractivity contribution is 7.52. The molecule has 0 saturated carbocycles. The van der Waals surface area contributed by atoms with Crippen molar-refractivity contribution in [3.8, 4) is 5.75 Å². The minimum Gasteiger partial charge on any atom is -0.464 e. The first-order valence-electron chi connectivity index (χ1n) is 10.6. The van der Waals surface area contributed by atoms with Crippen LogP contribution in [0.5, 0.6) is 5.75 Å². The number of alkyl halides is 1. The molecule has 0 radical (unpaired) electrons. The number of benzene rings is 2. The number of ether oxygens (including phenoxy) is 2. The molecular weight excluding hydrogens is 452 g/mol. The van der Waals surface area contributed by atoms with Crippen molar-refractivity contribution in [1.82, 2.24) is 5.09 Å². The molecule has 33 heavy (non-hydrogen) atoms. The summed E-state index contributed by atoms with van der Waals surface area (Å²) in [5.41, 5.74) is -0.265. The second-order valence-corrected chi connectivity index (χ2v) is 10.7. The molecule has 4 atom stereocenters. The molecule has 0 spiro atoms. The van der Waals surface area contributed by atoms with E-state index in [0.717, 1.165) is 12.5 Å². The minimum absolute atomic E-state index is 0.145. The van der Waals surface area contributed by atoms with Gasteiger partial charge in [-0.2, -0.15) is 5.09 Å². The molecule has 2 unspecified atom stereocenters. The largest absolute Gasteiger partial charge is 0.464 e. The summed E-state index contributed by atoms with van der Waals surface area (Å²) in [5, 5.41) is 13.7. The summed E-state index contributed by atoms with van der Waals surface area (Å²) in [6, 6.07) is 11.3. The maximum absolute atomic E-state index is 14.8. The summed E-state index contributed by atoms with van der Waals surface area (Å²) in [4.78, 5) is 12.4. The lowest BCUT2D eigenvalue weighted by atomic mass is 9.99. The Hall–Kier alpha value is -2.03. The van der Waals surface area contributed by atoms with E-state index in [0.29, 0.717) is 5.39 Å². The van der Waals surface area contributed by atoms with Crippen LogP contribution in [0.3, 0.4) is 0 Å². The predicted molar refractivity (Wildman–Crippen MR) is 124 cm³/mol. The fourth-order valence-corrected chi connectivity index (χ4v) is 4.24. The fraction of sp³-hybridized carbons (Fsp3) is 0.522. The molecule has 184 valence electrons. The number of nitrogens with one attached hydrogen (secondary N) is 1. The SMILES string of the molecule is CO[C@](F)(COP(=O)(NC(C)C(=O)OCC(C)(C)C)Oc1cccc2ccccc12)[C@H](C)O. The van der Waals surface area contributed by atoms with Gasteiger partial charge in [0.25, 0.3) is 5.85 Å². The third-order valence-electron chi connectivity index (χ3n) is 4.72. The van der Waals surface area contributed by atoms with Crippen LogP contribution in [0.1, 0.15) is 34.6 Å². The molecule has 2 N–H and O–H groups in total. The summed E-state index contributed by atoms with van der Waals surface area (Å²) in [7, 11) is -3.30. The Morgan fingerprint density at radius 3 is 2.36 bits per heavy atom. The Kier molecular flexibility index (Phi) is 9.01. The molecule has 8 nitrogen and oxygen atoms in total. The number of carbonyl (C=O) groups is 1. The Labute approximate surface area is 194 Å². The van der Waals surface area contributed by atoms with Gasteiger partial charge in [-0.3, -0.25) is 9.32 Å². The van der Waals surface area contributed by atoms with Crippen molar-refractivity contribution in [3.63, 3.8) is 0 Å². The summed E-state index contributed by atoms with van der Waals surface area (Å²) in [6.45, 7) is 7.53. The lowest BCUT2D eigenvalue weighted by Crippen LogP contribution is -2.43. The summed E-state index contributed by atoms with van der Waals surface area (Å²) in [5.74, 6) is -3.11. The first kappa shape index (κ1) is 27.2. The van der Waals surface area contributed by atoms with Gasteiger partial charge in [-0.05, 0) is 30.7 Å². The van der Waals surface area contributed by atoms with Crippen LogP contribution in [0.15, 0.2) is 42.5 Å². The van der Waals surface area contributed by atoms with Crippen molar-refractivity contribution in [2.45, 2.75) is 52.6 Å². The van der Waals surface area contributed by atoms with Gasteiger partial charge in [0.15, 0.2) is 0 Å². The molecule has 0 bridgehead atoms. The minimum atomic E-state index is -4.35. The van der Waals surface area contributed by atoms with Crippen LogP contribution < -0.4 is 9.61 Å². The Morgan fingerprint density at radius 1 is 1.12 bits per heavy atom. The molecule has 0 fully saturated rings. The van der Waals surface area contributed by atoms with E-state index in [4.69, 9.17) is 18.5 Å². The molecule has 0 aromatic heterocycles. The van der Waals surface area contributed by atoms with E-state index in [1.54, 1.807) is 24.3 Å². The zero-order valence-corrected chi connectivity index (χ0v) is 20.7. The van der Waals surface area contributed by atoms with E-state index < -0.39 is 38.3 Å². The van der Waals surface area contributed by atoms with Crippen molar-refractivity contribution in [1.29, 1.82) is 0 Å². The molecule has 0 aliphatic heterocycles. The maximum Gasteiger partial charge on any atom is 0.459 e. The number of hydrogen-bond acceptors (Lipinski definition) is 7. The third-order valence-corrected chi connectivity index (χ3v) is 6.33. The van der Waals surface area contributed by atoms with E-state index in [1.807, 2.05) is 39.0 Å². The normalized spacial score (nSPS) is 17.6. The fourth-order valence-electron chi connectivity index (χ4n) is 2.72. The average Bonchev–Trinajstić information content (AvgIpc) is 2.75. The summed E-state index contributed by atoms with van der Waals surface area (Å²) >= 11 is 0. The quantitative estimate of drug-likeness (QED) is 0.352. The van der Waals surface area contributed by atoms with E-state index in [2.05, 4.69) is 5.09 Å². The average molecular weight is 485 g/mol. The molecule has 0 aliphatic rings. The van der Waals surface area contributed by atoms with E-state index >= 15 is 0 Å². The van der Waals surface area contributed by atoms with E-state index in [9.17, 15) is 18.9 Å². The summed E-state index contributed by atoms with van der Waals surface area (Å²) < 4.78 is 49.5. The molecule has 0 aliphatic carbocycles. The number of halogens is 1. The highest BCUT2D eigenvalue weighted by atomic mass is 31.2. The maximum atomic E-state index is 14.8. The predicted octanol–water partition coefficient (Wildman–Crippen LogP) is 4.60. The number of hydrogen-bond donors (Lipinski definition) is 2. The van der Waals surface area contributed by atoms with Crippen LogP contribution in [-0.4, -0.2) is 49.4 Å². The van der Waals surface area contributed by atoms with Gasteiger partial charge in [0.05, 0.1) is 6.61 Å². The molecule has 0 amide bonds. The molecule has 10 heteroatoms. The van der Waals surface area contributed by atoms with Crippen molar-refractivity contribution in [2.24, 2.45) is 5.41 Å². The second-order valence-electron chi connectivity index (χ2n) is 9.02. The summed E-state index contributed by atoms with van der Waals surface area (Å²) in [6.07, 6.45) is -1.58. The van der Waals surface area contributed by atoms with Crippen LogP contribution >= 0.6 is 7.75 Å². The van der Waals surface area contributed by atoms with E-state index in [-0.39, 0.29) is 17.8 Å². The highest BCUT2D eigenvalue weighted by Crippen LogP contribution is 2.47. The monoisotopic (exact) mass is 485 g/mol. The van der Waals surface area contributed by atoms with Crippen LogP contribution in [0.25, 0.3) is 10.8 Å². The van der Waals surface area contributed by atoms with Crippen molar-refractivity contribution in [2.75, 3.05) is 20.3 Å².